The summed E-state index contributed by atoms with van der Waals surface area (Å²) in [7, 11) is 0. The molecule has 0 saturated carbocycles. The van der Waals surface area contributed by atoms with Gasteiger partial charge in [-0.05, 0) is 0 Å². The Morgan fingerprint density at radius 1 is 1.29 bits per heavy atom. The second kappa shape index (κ2) is 5.35. The minimum absolute atomic E-state index is 0.147. The first-order valence-corrected chi connectivity index (χ1v) is 6.19. The Kier molecular flexibility index (Phi) is 4.34. The Balaban J connectivity index is 2.76. The minimum atomic E-state index is -0.494. The third-order valence-corrected chi connectivity index (χ3v) is 2.49. The molecule has 1 N–H and O–H groups in total. The standard InChI is InChI=1S/C11H14BrN3O2/c1-11(2,3)10(17)15-9-6-13-7(5-14-9)8(16)4-12/h5-6H,4H2,1-3H3,(H,14,15,17). The maximum absolute atomic E-state index is 11.7. The number of Topliss-reactive ketones (excluding diaryl/α,β-unsaturated/α-hetero) is 1. The molecular formula is C11H14BrN3O2. The number of halogens is 1. The normalized spacial score (nSPS) is 11.1. The quantitative estimate of drug-likeness (QED) is 0.685. The third kappa shape index (κ3) is 3.89. The fourth-order valence-corrected chi connectivity index (χ4v) is 1.20. The maximum Gasteiger partial charge on any atom is 0.230 e. The molecule has 1 rings (SSSR count). The third-order valence-electron chi connectivity index (χ3n) is 1.98. The van der Waals surface area contributed by atoms with E-state index >= 15 is 0 Å². The summed E-state index contributed by atoms with van der Waals surface area (Å²) in [5.74, 6) is 0.0496. The van der Waals surface area contributed by atoms with Gasteiger partial charge in [-0.25, -0.2) is 9.97 Å². The summed E-state index contributed by atoms with van der Waals surface area (Å²) in [4.78, 5) is 30.8. The first-order chi connectivity index (χ1) is 7.84. The molecule has 0 saturated heterocycles. The van der Waals surface area contributed by atoms with Gasteiger partial charge in [0, 0.05) is 5.41 Å². The van der Waals surface area contributed by atoms with Crippen LogP contribution in [0.1, 0.15) is 31.3 Å². The summed E-state index contributed by atoms with van der Waals surface area (Å²) >= 11 is 3.05. The second-order valence-corrected chi connectivity index (χ2v) is 5.11. The highest BCUT2D eigenvalue weighted by Crippen LogP contribution is 2.15. The number of amides is 1. The molecule has 0 unspecified atom stereocenters. The number of nitrogens with one attached hydrogen (secondary N) is 1. The number of alkyl halides is 1. The maximum atomic E-state index is 11.7. The van der Waals surface area contributed by atoms with Crippen LogP contribution in [0.2, 0.25) is 0 Å². The fourth-order valence-electron chi connectivity index (χ4n) is 0.909. The molecule has 17 heavy (non-hydrogen) atoms. The highest BCUT2D eigenvalue weighted by molar-refractivity contribution is 9.09. The number of ketones is 1. The lowest BCUT2D eigenvalue weighted by Crippen LogP contribution is -2.28. The van der Waals surface area contributed by atoms with Crippen LogP contribution in [0.15, 0.2) is 12.4 Å². The van der Waals surface area contributed by atoms with E-state index in [1.165, 1.54) is 12.4 Å². The molecule has 0 bridgehead atoms. The summed E-state index contributed by atoms with van der Waals surface area (Å²) in [6.07, 6.45) is 2.72. The van der Waals surface area contributed by atoms with E-state index in [0.717, 1.165) is 0 Å². The van der Waals surface area contributed by atoms with E-state index in [9.17, 15) is 9.59 Å². The van der Waals surface area contributed by atoms with Crippen molar-refractivity contribution in [2.75, 3.05) is 10.6 Å². The first-order valence-electron chi connectivity index (χ1n) is 5.07. The summed E-state index contributed by atoms with van der Waals surface area (Å²) in [5.41, 5.74) is -0.220. The van der Waals surface area contributed by atoms with Crippen LogP contribution in [0, 0.1) is 5.41 Å². The van der Waals surface area contributed by atoms with E-state index < -0.39 is 5.41 Å². The van der Waals surface area contributed by atoms with Crippen molar-refractivity contribution in [3.63, 3.8) is 0 Å². The molecule has 0 aliphatic carbocycles. The van der Waals surface area contributed by atoms with Crippen molar-refractivity contribution >= 4 is 33.4 Å². The number of rotatable bonds is 3. The molecule has 0 spiro atoms. The largest absolute Gasteiger partial charge is 0.309 e. The van der Waals surface area contributed by atoms with Crippen LogP contribution in [-0.4, -0.2) is 27.0 Å². The van der Waals surface area contributed by atoms with Gasteiger partial charge in [-0.2, -0.15) is 0 Å². The summed E-state index contributed by atoms with van der Waals surface area (Å²) < 4.78 is 0. The monoisotopic (exact) mass is 299 g/mol. The number of anilines is 1. The average Bonchev–Trinajstić information content (AvgIpc) is 2.27. The van der Waals surface area contributed by atoms with Crippen LogP contribution < -0.4 is 5.32 Å². The van der Waals surface area contributed by atoms with Gasteiger partial charge in [-0.1, -0.05) is 36.7 Å². The zero-order valence-corrected chi connectivity index (χ0v) is 11.5. The molecule has 0 aliphatic heterocycles. The molecule has 0 radical (unpaired) electrons. The second-order valence-electron chi connectivity index (χ2n) is 4.55. The molecule has 0 aromatic carbocycles. The van der Waals surface area contributed by atoms with Gasteiger partial charge in [0.2, 0.25) is 5.91 Å². The predicted molar refractivity (Wildman–Crippen MR) is 68.2 cm³/mol. The van der Waals surface area contributed by atoms with Gasteiger partial charge in [0.15, 0.2) is 11.6 Å². The number of carbonyl (C=O) groups is 2. The molecule has 1 aromatic rings. The number of aromatic nitrogens is 2. The SMILES string of the molecule is CC(C)(C)C(=O)Nc1cnc(C(=O)CBr)cn1. The fraction of sp³-hybridized carbons (Fsp3) is 0.455. The van der Waals surface area contributed by atoms with E-state index in [4.69, 9.17) is 0 Å². The minimum Gasteiger partial charge on any atom is -0.309 e. The average molecular weight is 300 g/mol. The van der Waals surface area contributed by atoms with E-state index in [1.807, 2.05) is 0 Å². The predicted octanol–water partition coefficient (Wildman–Crippen LogP) is 2.04. The molecule has 6 heteroatoms. The molecule has 92 valence electrons. The van der Waals surface area contributed by atoms with Crippen LogP contribution in [0.4, 0.5) is 5.82 Å². The number of hydrogen-bond acceptors (Lipinski definition) is 4. The summed E-state index contributed by atoms with van der Waals surface area (Å²) in [6, 6.07) is 0. The van der Waals surface area contributed by atoms with Crippen molar-refractivity contribution < 1.29 is 9.59 Å². The number of hydrogen-bond donors (Lipinski definition) is 1. The van der Waals surface area contributed by atoms with E-state index in [2.05, 4.69) is 31.2 Å². The van der Waals surface area contributed by atoms with Gasteiger partial charge >= 0.3 is 0 Å². The highest BCUT2D eigenvalue weighted by Gasteiger charge is 2.21. The zero-order valence-electron chi connectivity index (χ0n) is 9.95. The Morgan fingerprint density at radius 3 is 2.35 bits per heavy atom. The van der Waals surface area contributed by atoms with E-state index in [1.54, 1.807) is 20.8 Å². The van der Waals surface area contributed by atoms with Crippen molar-refractivity contribution in [1.82, 2.24) is 9.97 Å². The molecule has 1 heterocycles. The number of nitrogens with zero attached hydrogens (tertiary/aromatic N) is 2. The van der Waals surface area contributed by atoms with Gasteiger partial charge in [0.1, 0.15) is 5.69 Å². The molecule has 0 atom stereocenters. The van der Waals surface area contributed by atoms with Crippen molar-refractivity contribution in [1.29, 1.82) is 0 Å². The highest BCUT2D eigenvalue weighted by atomic mass is 79.9. The van der Waals surface area contributed by atoms with Crippen molar-refractivity contribution in [3.05, 3.63) is 18.1 Å². The number of carbonyl (C=O) groups excluding carboxylic acids is 2. The van der Waals surface area contributed by atoms with Crippen LogP contribution in [-0.2, 0) is 4.79 Å². The van der Waals surface area contributed by atoms with Crippen molar-refractivity contribution in [2.24, 2.45) is 5.41 Å². The van der Waals surface area contributed by atoms with Gasteiger partial charge in [-0.15, -0.1) is 0 Å². The van der Waals surface area contributed by atoms with Gasteiger partial charge < -0.3 is 5.32 Å². The summed E-state index contributed by atoms with van der Waals surface area (Å²) in [5, 5.41) is 2.83. The van der Waals surface area contributed by atoms with Gasteiger partial charge in [-0.3, -0.25) is 9.59 Å². The molecule has 1 amide bonds. The van der Waals surface area contributed by atoms with Crippen molar-refractivity contribution in [3.8, 4) is 0 Å². The molecule has 0 aliphatic rings. The molecule has 0 fully saturated rings. The Labute approximate surface area is 108 Å². The lowest BCUT2D eigenvalue weighted by molar-refractivity contribution is -0.123. The lowest BCUT2D eigenvalue weighted by atomic mass is 9.96. The van der Waals surface area contributed by atoms with Crippen LogP contribution in [0.25, 0.3) is 0 Å². The van der Waals surface area contributed by atoms with E-state index in [0.29, 0.717) is 5.82 Å². The Bertz CT molecular complexity index is 423. The molecule has 5 nitrogen and oxygen atoms in total. The smallest absolute Gasteiger partial charge is 0.230 e. The first kappa shape index (κ1) is 13.8. The zero-order chi connectivity index (χ0) is 13.1. The Hall–Kier alpha value is -1.30. The molecular weight excluding hydrogens is 286 g/mol. The molecule has 1 aromatic heterocycles. The van der Waals surface area contributed by atoms with Gasteiger partial charge in [0.05, 0.1) is 17.7 Å². The summed E-state index contributed by atoms with van der Waals surface area (Å²) in [6.45, 7) is 5.41. The van der Waals surface area contributed by atoms with Crippen LogP contribution in [0.5, 0.6) is 0 Å². The van der Waals surface area contributed by atoms with Gasteiger partial charge in [0.25, 0.3) is 0 Å². The topological polar surface area (TPSA) is 72.0 Å². The lowest BCUT2D eigenvalue weighted by Gasteiger charge is -2.16. The van der Waals surface area contributed by atoms with Crippen LogP contribution >= 0.6 is 15.9 Å². The Morgan fingerprint density at radius 2 is 1.94 bits per heavy atom. The van der Waals surface area contributed by atoms with E-state index in [-0.39, 0.29) is 22.7 Å². The van der Waals surface area contributed by atoms with Crippen LogP contribution in [0.3, 0.4) is 0 Å². The van der Waals surface area contributed by atoms with Crippen molar-refractivity contribution in [2.45, 2.75) is 20.8 Å².